The third kappa shape index (κ3) is 5.43. The van der Waals surface area contributed by atoms with E-state index in [4.69, 9.17) is 4.74 Å². The molecule has 3 rings (SSSR count). The molecule has 6 heteroatoms. The van der Waals surface area contributed by atoms with E-state index in [2.05, 4.69) is 45.5 Å². The lowest BCUT2D eigenvalue weighted by Crippen LogP contribution is -2.48. The smallest absolute Gasteiger partial charge is 0.193 e. The van der Waals surface area contributed by atoms with Gasteiger partial charge in [-0.2, -0.15) is 0 Å². The molecule has 0 saturated heterocycles. The number of hydrogen-bond acceptors (Lipinski definition) is 4. The van der Waals surface area contributed by atoms with Crippen LogP contribution in [0.25, 0.3) is 0 Å². The van der Waals surface area contributed by atoms with Crippen LogP contribution in [0.3, 0.4) is 0 Å². The summed E-state index contributed by atoms with van der Waals surface area (Å²) in [6.07, 6.45) is 3.88. The SMILES string of the molecule is CN=C(NCC(C)N1CCc2sccc2C1)N(C)CCOCC1CC1. The van der Waals surface area contributed by atoms with E-state index in [0.717, 1.165) is 51.3 Å². The van der Waals surface area contributed by atoms with Gasteiger partial charge in [-0.1, -0.05) is 0 Å². The topological polar surface area (TPSA) is 40.1 Å². The van der Waals surface area contributed by atoms with Crippen molar-refractivity contribution < 1.29 is 4.74 Å². The molecule has 1 unspecified atom stereocenters. The van der Waals surface area contributed by atoms with Gasteiger partial charge in [-0.05, 0) is 49.1 Å². The van der Waals surface area contributed by atoms with Crippen LogP contribution in [0, 0.1) is 5.92 Å². The Labute approximate surface area is 156 Å². The van der Waals surface area contributed by atoms with Crippen LogP contribution >= 0.6 is 11.3 Å². The molecule has 1 aliphatic heterocycles. The average Bonchev–Trinajstić information content (AvgIpc) is 3.33. The molecule has 140 valence electrons. The number of thiophene rings is 1. The van der Waals surface area contributed by atoms with Crippen molar-refractivity contribution in [3.8, 4) is 0 Å². The number of fused-ring (bicyclic) bond motifs is 1. The second kappa shape index (κ2) is 9.01. The molecule has 1 aromatic heterocycles. The van der Waals surface area contributed by atoms with Crippen molar-refractivity contribution in [2.45, 2.75) is 38.8 Å². The van der Waals surface area contributed by atoms with Gasteiger partial charge in [0.15, 0.2) is 5.96 Å². The van der Waals surface area contributed by atoms with E-state index in [0.29, 0.717) is 6.04 Å². The van der Waals surface area contributed by atoms with Crippen molar-refractivity contribution in [1.29, 1.82) is 0 Å². The number of likely N-dealkylation sites (N-methyl/N-ethyl adjacent to an activating group) is 1. The zero-order valence-electron chi connectivity index (χ0n) is 15.8. The minimum absolute atomic E-state index is 0.490. The Morgan fingerprint density at radius 1 is 1.52 bits per heavy atom. The minimum atomic E-state index is 0.490. The van der Waals surface area contributed by atoms with Gasteiger partial charge in [0.2, 0.25) is 0 Å². The van der Waals surface area contributed by atoms with Crippen LogP contribution in [-0.2, 0) is 17.7 Å². The van der Waals surface area contributed by atoms with Crippen LogP contribution < -0.4 is 5.32 Å². The Morgan fingerprint density at radius 2 is 2.36 bits per heavy atom. The second-order valence-corrected chi connectivity index (χ2v) is 8.31. The molecule has 0 radical (unpaired) electrons. The van der Waals surface area contributed by atoms with Crippen molar-refractivity contribution in [1.82, 2.24) is 15.1 Å². The predicted octanol–water partition coefficient (Wildman–Crippen LogP) is 2.43. The molecule has 2 aliphatic rings. The summed E-state index contributed by atoms with van der Waals surface area (Å²) in [4.78, 5) is 10.7. The van der Waals surface area contributed by atoms with E-state index < -0.39 is 0 Å². The molecule has 0 spiro atoms. The molecular formula is C19H32N4OS. The summed E-state index contributed by atoms with van der Waals surface area (Å²) in [7, 11) is 3.94. The van der Waals surface area contributed by atoms with Crippen LogP contribution in [0.5, 0.6) is 0 Å². The Hall–Kier alpha value is -1.11. The van der Waals surface area contributed by atoms with E-state index in [1.54, 1.807) is 4.88 Å². The molecule has 1 fully saturated rings. The van der Waals surface area contributed by atoms with Crippen LogP contribution in [0.15, 0.2) is 16.4 Å². The van der Waals surface area contributed by atoms with Gasteiger partial charge < -0.3 is 15.0 Å². The monoisotopic (exact) mass is 364 g/mol. The Morgan fingerprint density at radius 3 is 3.12 bits per heavy atom. The fraction of sp³-hybridized carbons (Fsp3) is 0.737. The van der Waals surface area contributed by atoms with Crippen molar-refractivity contribution >= 4 is 17.3 Å². The normalized spacial score (nSPS) is 19.6. The molecule has 1 aromatic rings. The van der Waals surface area contributed by atoms with Gasteiger partial charge in [0.25, 0.3) is 0 Å². The number of ether oxygens (including phenoxy) is 1. The highest BCUT2D eigenvalue weighted by Crippen LogP contribution is 2.28. The molecule has 5 nitrogen and oxygen atoms in total. The first-order valence-electron chi connectivity index (χ1n) is 9.46. The second-order valence-electron chi connectivity index (χ2n) is 7.31. The first kappa shape index (κ1) is 18.7. The van der Waals surface area contributed by atoms with Crippen LogP contribution in [0.1, 0.15) is 30.2 Å². The maximum absolute atomic E-state index is 5.74. The van der Waals surface area contributed by atoms with Crippen LogP contribution in [0.4, 0.5) is 0 Å². The fourth-order valence-corrected chi connectivity index (χ4v) is 4.13. The number of rotatable bonds is 8. The number of guanidine groups is 1. The summed E-state index contributed by atoms with van der Waals surface area (Å²) in [6, 6.07) is 2.77. The Balaban J connectivity index is 1.38. The summed E-state index contributed by atoms with van der Waals surface area (Å²) in [6.45, 7) is 8.02. The zero-order valence-corrected chi connectivity index (χ0v) is 16.6. The van der Waals surface area contributed by atoms with Gasteiger partial charge in [0.05, 0.1) is 6.61 Å². The molecule has 0 aromatic carbocycles. The van der Waals surface area contributed by atoms with Gasteiger partial charge in [-0.3, -0.25) is 9.89 Å². The molecule has 0 bridgehead atoms. The average molecular weight is 365 g/mol. The van der Waals surface area contributed by atoms with Crippen molar-refractivity contribution in [3.63, 3.8) is 0 Å². The molecule has 2 heterocycles. The Bertz CT molecular complexity index is 570. The van der Waals surface area contributed by atoms with Gasteiger partial charge in [0.1, 0.15) is 0 Å². The third-order valence-corrected chi connectivity index (χ3v) is 6.23. The molecular weight excluding hydrogens is 332 g/mol. The zero-order chi connectivity index (χ0) is 17.6. The highest BCUT2D eigenvalue weighted by molar-refractivity contribution is 7.10. The van der Waals surface area contributed by atoms with E-state index >= 15 is 0 Å². The van der Waals surface area contributed by atoms with Crippen LogP contribution in [0.2, 0.25) is 0 Å². The van der Waals surface area contributed by atoms with E-state index in [9.17, 15) is 0 Å². The molecule has 25 heavy (non-hydrogen) atoms. The van der Waals surface area contributed by atoms with Gasteiger partial charge in [-0.25, -0.2) is 0 Å². The maximum atomic E-state index is 5.74. The predicted molar refractivity (Wildman–Crippen MR) is 105 cm³/mol. The summed E-state index contributed by atoms with van der Waals surface area (Å²) in [5.41, 5.74) is 1.51. The number of hydrogen-bond donors (Lipinski definition) is 1. The van der Waals surface area contributed by atoms with E-state index in [1.807, 2.05) is 18.4 Å². The first-order chi connectivity index (χ1) is 12.2. The maximum Gasteiger partial charge on any atom is 0.193 e. The number of nitrogens with one attached hydrogen (secondary N) is 1. The number of nitrogens with zero attached hydrogens (tertiary/aromatic N) is 3. The number of aliphatic imine (C=N–C) groups is 1. The minimum Gasteiger partial charge on any atom is -0.379 e. The lowest BCUT2D eigenvalue weighted by atomic mass is 10.1. The fourth-order valence-electron chi connectivity index (χ4n) is 3.24. The van der Waals surface area contributed by atoms with Gasteiger partial charge >= 0.3 is 0 Å². The molecule has 1 atom stereocenters. The van der Waals surface area contributed by atoms with Crippen LogP contribution in [-0.4, -0.2) is 68.7 Å². The summed E-state index contributed by atoms with van der Waals surface area (Å²) in [5, 5.41) is 5.75. The summed E-state index contributed by atoms with van der Waals surface area (Å²) >= 11 is 1.90. The lowest BCUT2D eigenvalue weighted by molar-refractivity contribution is 0.115. The molecule has 1 aliphatic carbocycles. The largest absolute Gasteiger partial charge is 0.379 e. The third-order valence-electron chi connectivity index (χ3n) is 5.21. The first-order valence-corrected chi connectivity index (χ1v) is 10.3. The standard InChI is InChI=1S/C19H32N4OS/c1-15(23-8-6-18-17(13-23)7-11-25-18)12-21-19(20-2)22(3)9-10-24-14-16-4-5-16/h7,11,15-16H,4-6,8-10,12-14H2,1-3H3,(H,20,21). The van der Waals surface area contributed by atoms with Crippen molar-refractivity contribution in [3.05, 3.63) is 21.9 Å². The van der Waals surface area contributed by atoms with E-state index in [-0.39, 0.29) is 0 Å². The summed E-state index contributed by atoms with van der Waals surface area (Å²) < 4.78 is 5.74. The molecule has 1 N–H and O–H groups in total. The summed E-state index contributed by atoms with van der Waals surface area (Å²) in [5.74, 6) is 1.78. The van der Waals surface area contributed by atoms with Crippen molar-refractivity contribution in [2.75, 3.05) is 46.9 Å². The van der Waals surface area contributed by atoms with Gasteiger partial charge in [0, 0.05) is 57.8 Å². The highest BCUT2D eigenvalue weighted by Gasteiger charge is 2.22. The lowest BCUT2D eigenvalue weighted by Gasteiger charge is -2.33. The van der Waals surface area contributed by atoms with E-state index in [1.165, 1.54) is 24.8 Å². The Kier molecular flexibility index (Phi) is 6.73. The van der Waals surface area contributed by atoms with Gasteiger partial charge in [-0.15, -0.1) is 11.3 Å². The quantitative estimate of drug-likeness (QED) is 0.437. The molecule has 1 saturated carbocycles. The highest BCUT2D eigenvalue weighted by atomic mass is 32.1. The van der Waals surface area contributed by atoms with Crippen molar-refractivity contribution in [2.24, 2.45) is 10.9 Å². The molecule has 0 amide bonds.